The minimum absolute atomic E-state index is 0.0647. The van der Waals surface area contributed by atoms with Crippen molar-refractivity contribution in [2.24, 2.45) is 5.73 Å². The van der Waals surface area contributed by atoms with Gasteiger partial charge in [0.2, 0.25) is 0 Å². The van der Waals surface area contributed by atoms with Crippen molar-refractivity contribution in [1.29, 1.82) is 0 Å². The highest BCUT2D eigenvalue weighted by Gasteiger charge is 2.29. The van der Waals surface area contributed by atoms with Crippen molar-refractivity contribution in [2.45, 2.75) is 24.9 Å². The van der Waals surface area contributed by atoms with Crippen molar-refractivity contribution in [3.63, 3.8) is 0 Å². The molecule has 0 radical (unpaired) electrons. The van der Waals surface area contributed by atoms with Crippen LogP contribution in [0.5, 0.6) is 0 Å². The number of nitrogens with two attached hydrogens (primary N) is 2. The predicted octanol–water partition coefficient (Wildman–Crippen LogP) is 1.30. The molecule has 1 rings (SSSR count). The number of nitrogen functional groups attached to an aromatic ring is 1. The molecule has 96 valence electrons. The maximum Gasteiger partial charge on any atom is 0.138 e. The van der Waals surface area contributed by atoms with E-state index in [9.17, 15) is 4.39 Å². The van der Waals surface area contributed by atoms with Crippen molar-refractivity contribution in [3.05, 3.63) is 23.9 Å². The SMILES string of the molecule is COCC(F)(CCCN)Cc1ccnc(N)c1. The zero-order valence-corrected chi connectivity index (χ0v) is 10.2. The summed E-state index contributed by atoms with van der Waals surface area (Å²) in [7, 11) is 1.50. The fourth-order valence-corrected chi connectivity index (χ4v) is 1.86. The molecule has 0 aromatic carbocycles. The van der Waals surface area contributed by atoms with Gasteiger partial charge in [0.1, 0.15) is 11.5 Å². The molecule has 1 aromatic rings. The molecule has 0 saturated heterocycles. The maximum atomic E-state index is 14.6. The zero-order chi connectivity index (χ0) is 12.7. The van der Waals surface area contributed by atoms with Crippen molar-refractivity contribution in [3.8, 4) is 0 Å². The quantitative estimate of drug-likeness (QED) is 0.754. The van der Waals surface area contributed by atoms with Gasteiger partial charge in [0.15, 0.2) is 0 Å². The molecule has 1 atom stereocenters. The average molecular weight is 241 g/mol. The predicted molar refractivity (Wildman–Crippen MR) is 66.4 cm³/mol. The number of nitrogens with zero attached hydrogens (tertiary/aromatic N) is 1. The topological polar surface area (TPSA) is 74.2 Å². The Morgan fingerprint density at radius 2 is 2.29 bits per heavy atom. The van der Waals surface area contributed by atoms with E-state index >= 15 is 0 Å². The summed E-state index contributed by atoms with van der Waals surface area (Å²) in [6, 6.07) is 3.45. The molecule has 4 N–H and O–H groups in total. The average Bonchev–Trinajstić information content (AvgIpc) is 2.27. The first-order chi connectivity index (χ1) is 8.09. The van der Waals surface area contributed by atoms with Crippen LogP contribution in [-0.4, -0.2) is 30.9 Å². The molecular formula is C12H20FN3O. The summed E-state index contributed by atoms with van der Waals surface area (Å²) in [6.45, 7) is 0.545. The fourth-order valence-electron chi connectivity index (χ4n) is 1.86. The number of hydrogen-bond acceptors (Lipinski definition) is 4. The molecule has 4 nitrogen and oxygen atoms in total. The molecule has 0 spiro atoms. The fraction of sp³-hybridized carbons (Fsp3) is 0.583. The molecule has 1 unspecified atom stereocenters. The highest BCUT2D eigenvalue weighted by Crippen LogP contribution is 2.24. The third kappa shape index (κ3) is 4.66. The van der Waals surface area contributed by atoms with E-state index in [1.807, 2.05) is 0 Å². The number of anilines is 1. The number of rotatable bonds is 7. The Morgan fingerprint density at radius 1 is 1.53 bits per heavy atom. The van der Waals surface area contributed by atoms with E-state index in [0.29, 0.717) is 25.2 Å². The van der Waals surface area contributed by atoms with Gasteiger partial charge in [-0.05, 0) is 37.1 Å². The van der Waals surface area contributed by atoms with E-state index in [1.54, 1.807) is 18.3 Å². The maximum absolute atomic E-state index is 14.6. The third-order valence-corrected chi connectivity index (χ3v) is 2.60. The molecule has 1 aromatic heterocycles. The number of halogens is 1. The summed E-state index contributed by atoms with van der Waals surface area (Å²) in [5, 5.41) is 0. The lowest BCUT2D eigenvalue weighted by atomic mass is 9.92. The Balaban J connectivity index is 2.71. The largest absolute Gasteiger partial charge is 0.384 e. The van der Waals surface area contributed by atoms with Crippen LogP contribution in [0.2, 0.25) is 0 Å². The Bertz CT molecular complexity index is 348. The molecule has 1 heterocycles. The van der Waals surface area contributed by atoms with Gasteiger partial charge in [-0.1, -0.05) is 0 Å². The first-order valence-corrected chi connectivity index (χ1v) is 5.68. The monoisotopic (exact) mass is 241 g/mol. The van der Waals surface area contributed by atoms with Crippen LogP contribution in [0.3, 0.4) is 0 Å². The molecule has 0 saturated carbocycles. The Morgan fingerprint density at radius 3 is 2.88 bits per heavy atom. The molecule has 17 heavy (non-hydrogen) atoms. The Hall–Kier alpha value is -1.20. The van der Waals surface area contributed by atoms with Gasteiger partial charge < -0.3 is 16.2 Å². The van der Waals surface area contributed by atoms with Gasteiger partial charge in [-0.3, -0.25) is 0 Å². The highest BCUT2D eigenvalue weighted by atomic mass is 19.1. The Labute approximate surface area is 101 Å². The smallest absolute Gasteiger partial charge is 0.138 e. The van der Waals surface area contributed by atoms with Crippen LogP contribution in [0.15, 0.2) is 18.3 Å². The van der Waals surface area contributed by atoms with Gasteiger partial charge in [0.25, 0.3) is 0 Å². The summed E-state index contributed by atoms with van der Waals surface area (Å²) in [5.41, 5.74) is 10.4. The molecule has 0 bridgehead atoms. The summed E-state index contributed by atoms with van der Waals surface area (Å²) in [5.74, 6) is 0.404. The number of methoxy groups -OCH3 is 1. The minimum atomic E-state index is -1.39. The lowest BCUT2D eigenvalue weighted by Gasteiger charge is -2.24. The van der Waals surface area contributed by atoms with Gasteiger partial charge in [0.05, 0.1) is 6.61 Å². The summed E-state index contributed by atoms with van der Waals surface area (Å²) >= 11 is 0. The van der Waals surface area contributed by atoms with Crippen molar-refractivity contribution in [2.75, 3.05) is 26.0 Å². The summed E-state index contributed by atoms with van der Waals surface area (Å²) in [6.07, 6.45) is 2.88. The molecule has 0 fully saturated rings. The second-order valence-corrected chi connectivity index (χ2v) is 4.24. The van der Waals surface area contributed by atoms with Crippen LogP contribution in [0.4, 0.5) is 10.2 Å². The van der Waals surface area contributed by atoms with Gasteiger partial charge in [-0.15, -0.1) is 0 Å². The van der Waals surface area contributed by atoms with Crippen LogP contribution in [0.1, 0.15) is 18.4 Å². The van der Waals surface area contributed by atoms with E-state index in [-0.39, 0.29) is 13.0 Å². The van der Waals surface area contributed by atoms with E-state index in [2.05, 4.69) is 4.98 Å². The first-order valence-electron chi connectivity index (χ1n) is 5.68. The highest BCUT2D eigenvalue weighted by molar-refractivity contribution is 5.32. The zero-order valence-electron chi connectivity index (χ0n) is 10.2. The normalized spacial score (nSPS) is 14.5. The van der Waals surface area contributed by atoms with Crippen molar-refractivity contribution >= 4 is 5.82 Å². The second-order valence-electron chi connectivity index (χ2n) is 4.24. The lowest BCUT2D eigenvalue weighted by molar-refractivity contribution is 0.0334. The molecule has 0 aliphatic rings. The molecule has 0 aliphatic heterocycles. The van der Waals surface area contributed by atoms with E-state index in [4.69, 9.17) is 16.2 Å². The summed E-state index contributed by atoms with van der Waals surface area (Å²) < 4.78 is 19.5. The van der Waals surface area contributed by atoms with Crippen LogP contribution >= 0.6 is 0 Å². The second kappa shape index (κ2) is 6.51. The molecule has 0 aliphatic carbocycles. The third-order valence-electron chi connectivity index (χ3n) is 2.60. The lowest BCUT2D eigenvalue weighted by Crippen LogP contribution is -2.32. The number of alkyl halides is 1. The molecular weight excluding hydrogens is 221 g/mol. The van der Waals surface area contributed by atoms with Crippen LogP contribution in [-0.2, 0) is 11.2 Å². The standard InChI is InChI=1S/C12H20FN3O/c1-17-9-12(13,4-2-5-14)8-10-3-6-16-11(15)7-10/h3,6-7H,2,4-5,8-9,14H2,1H3,(H2,15,16). The Kier molecular flexibility index (Phi) is 5.31. The van der Waals surface area contributed by atoms with E-state index < -0.39 is 5.67 Å². The van der Waals surface area contributed by atoms with Gasteiger partial charge in [0, 0.05) is 19.7 Å². The molecule has 0 amide bonds. The van der Waals surface area contributed by atoms with Gasteiger partial charge in [-0.25, -0.2) is 9.37 Å². The number of pyridine rings is 1. The van der Waals surface area contributed by atoms with Gasteiger partial charge >= 0.3 is 0 Å². The van der Waals surface area contributed by atoms with E-state index in [1.165, 1.54) is 7.11 Å². The van der Waals surface area contributed by atoms with Crippen molar-refractivity contribution in [1.82, 2.24) is 4.98 Å². The molecule has 5 heteroatoms. The van der Waals surface area contributed by atoms with Crippen LogP contribution in [0, 0.1) is 0 Å². The van der Waals surface area contributed by atoms with Crippen LogP contribution < -0.4 is 11.5 Å². The number of hydrogen-bond donors (Lipinski definition) is 2. The van der Waals surface area contributed by atoms with Crippen molar-refractivity contribution < 1.29 is 9.13 Å². The van der Waals surface area contributed by atoms with E-state index in [0.717, 1.165) is 5.56 Å². The minimum Gasteiger partial charge on any atom is -0.384 e. The number of ether oxygens (including phenoxy) is 1. The first kappa shape index (κ1) is 13.9. The van der Waals surface area contributed by atoms with Gasteiger partial charge in [-0.2, -0.15) is 0 Å². The van der Waals surface area contributed by atoms with Crippen LogP contribution in [0.25, 0.3) is 0 Å². The number of aromatic nitrogens is 1. The summed E-state index contributed by atoms with van der Waals surface area (Å²) in [4.78, 5) is 3.88.